The van der Waals surface area contributed by atoms with E-state index in [1.165, 1.54) is 12.5 Å². The summed E-state index contributed by atoms with van der Waals surface area (Å²) in [6.45, 7) is 2.13. The Kier molecular flexibility index (Phi) is 4.57. The molecule has 0 bridgehead atoms. The molecule has 0 amide bonds. The van der Waals surface area contributed by atoms with Gasteiger partial charge in [-0.15, -0.1) is 0 Å². The van der Waals surface area contributed by atoms with E-state index in [0.29, 0.717) is 5.92 Å². The number of aromatic carboxylic acids is 1. The zero-order valence-electron chi connectivity index (χ0n) is 11.5. The topological polar surface area (TPSA) is 49.3 Å². The lowest BCUT2D eigenvalue weighted by atomic mass is 9.84. The fraction of sp³-hybridized carbons (Fsp3) is 0.533. The summed E-state index contributed by atoms with van der Waals surface area (Å²) in [6, 6.07) is 2.53. The maximum Gasteiger partial charge on any atom is 0.338 e. The predicted molar refractivity (Wildman–Crippen MR) is 73.0 cm³/mol. The molecule has 2 rings (SSSR count). The van der Waals surface area contributed by atoms with Crippen molar-refractivity contribution in [1.29, 1.82) is 0 Å². The molecule has 0 saturated heterocycles. The van der Waals surface area contributed by atoms with E-state index in [1.807, 2.05) is 0 Å². The van der Waals surface area contributed by atoms with Crippen molar-refractivity contribution in [3.05, 3.63) is 29.3 Å². The molecule has 5 heteroatoms. The molecule has 2 atom stereocenters. The third-order valence-corrected chi connectivity index (χ3v) is 4.03. The first-order chi connectivity index (χ1) is 9.52. The Balaban J connectivity index is 2.14. The highest BCUT2D eigenvalue weighted by Crippen LogP contribution is 2.30. The van der Waals surface area contributed by atoms with Crippen LogP contribution in [-0.2, 0) is 0 Å². The number of carboxylic acid groups (broad SMARTS) is 1. The number of benzene rings is 1. The van der Waals surface area contributed by atoms with Gasteiger partial charge in [-0.2, -0.15) is 0 Å². The monoisotopic (exact) mass is 283 g/mol. The summed E-state index contributed by atoms with van der Waals surface area (Å²) < 4.78 is 27.5. The molecule has 0 spiro atoms. The van der Waals surface area contributed by atoms with Gasteiger partial charge in [-0.05, 0) is 30.9 Å². The van der Waals surface area contributed by atoms with Crippen LogP contribution < -0.4 is 5.32 Å². The minimum atomic E-state index is -1.46. The molecular formula is C15H19F2NO2. The van der Waals surface area contributed by atoms with E-state index in [-0.39, 0.29) is 11.7 Å². The third kappa shape index (κ3) is 3.08. The van der Waals surface area contributed by atoms with Crippen molar-refractivity contribution in [3.63, 3.8) is 0 Å². The minimum absolute atomic E-state index is 0.0502. The van der Waals surface area contributed by atoms with Crippen molar-refractivity contribution in [2.75, 3.05) is 5.32 Å². The van der Waals surface area contributed by atoms with E-state index in [2.05, 4.69) is 12.2 Å². The summed E-state index contributed by atoms with van der Waals surface area (Å²) in [6.07, 6.45) is 5.22. The fourth-order valence-corrected chi connectivity index (χ4v) is 2.84. The Hall–Kier alpha value is -1.65. The van der Waals surface area contributed by atoms with E-state index in [4.69, 9.17) is 5.11 Å². The van der Waals surface area contributed by atoms with Gasteiger partial charge < -0.3 is 10.4 Å². The summed E-state index contributed by atoms with van der Waals surface area (Å²) in [5.41, 5.74) is -0.586. The second-order valence-corrected chi connectivity index (χ2v) is 5.38. The van der Waals surface area contributed by atoms with Crippen molar-refractivity contribution in [2.45, 2.75) is 45.1 Å². The Morgan fingerprint density at radius 3 is 2.75 bits per heavy atom. The van der Waals surface area contributed by atoms with Crippen molar-refractivity contribution in [3.8, 4) is 0 Å². The third-order valence-electron chi connectivity index (χ3n) is 4.03. The van der Waals surface area contributed by atoms with E-state index in [1.54, 1.807) is 0 Å². The maximum atomic E-state index is 13.9. The Morgan fingerprint density at radius 1 is 1.35 bits per heavy atom. The van der Waals surface area contributed by atoms with Gasteiger partial charge in [0.1, 0.15) is 0 Å². The summed E-state index contributed by atoms with van der Waals surface area (Å²) in [7, 11) is 0. The summed E-state index contributed by atoms with van der Waals surface area (Å²) in [5, 5.41) is 11.8. The zero-order valence-corrected chi connectivity index (χ0v) is 11.5. The maximum absolute atomic E-state index is 13.9. The van der Waals surface area contributed by atoms with Gasteiger partial charge in [0, 0.05) is 6.04 Å². The highest BCUT2D eigenvalue weighted by molar-refractivity contribution is 5.88. The van der Waals surface area contributed by atoms with Crippen LogP contribution >= 0.6 is 0 Å². The molecule has 1 saturated carbocycles. The van der Waals surface area contributed by atoms with Crippen LogP contribution in [0.4, 0.5) is 14.5 Å². The zero-order chi connectivity index (χ0) is 14.7. The summed E-state index contributed by atoms with van der Waals surface area (Å²) in [5.74, 6) is -3.25. The van der Waals surface area contributed by atoms with Crippen molar-refractivity contribution in [2.24, 2.45) is 5.92 Å². The summed E-state index contributed by atoms with van der Waals surface area (Å²) >= 11 is 0. The number of rotatable bonds is 4. The van der Waals surface area contributed by atoms with Crippen molar-refractivity contribution >= 4 is 11.7 Å². The largest absolute Gasteiger partial charge is 0.478 e. The van der Waals surface area contributed by atoms with E-state index in [0.717, 1.165) is 31.7 Å². The van der Waals surface area contributed by atoms with Crippen LogP contribution in [0, 0.1) is 17.6 Å². The van der Waals surface area contributed by atoms with Gasteiger partial charge >= 0.3 is 5.97 Å². The highest BCUT2D eigenvalue weighted by Gasteiger charge is 2.23. The minimum Gasteiger partial charge on any atom is -0.478 e. The molecule has 1 aliphatic rings. The second kappa shape index (κ2) is 6.20. The van der Waals surface area contributed by atoms with Crippen LogP contribution in [0.25, 0.3) is 0 Å². The van der Waals surface area contributed by atoms with Crippen LogP contribution in [0.2, 0.25) is 0 Å². The number of anilines is 1. The molecule has 0 radical (unpaired) electrons. The van der Waals surface area contributed by atoms with E-state index in [9.17, 15) is 13.6 Å². The molecule has 1 fully saturated rings. The Bertz CT molecular complexity index is 505. The van der Waals surface area contributed by atoms with Gasteiger partial charge in [0.05, 0.1) is 11.3 Å². The number of carboxylic acids is 1. The number of hydrogen-bond acceptors (Lipinski definition) is 2. The van der Waals surface area contributed by atoms with Crippen LogP contribution in [0.5, 0.6) is 0 Å². The molecule has 0 aromatic heterocycles. The molecule has 0 heterocycles. The smallest absolute Gasteiger partial charge is 0.338 e. The molecule has 0 aliphatic heterocycles. The van der Waals surface area contributed by atoms with E-state index < -0.39 is 23.2 Å². The van der Waals surface area contributed by atoms with Crippen LogP contribution in [-0.4, -0.2) is 17.1 Å². The standard InChI is InChI=1S/C15H19F2NO2/c1-2-9-4-3-5-10(8-9)18-12-7-6-11(15(19)20)13(16)14(12)17/h6-7,9-10,18H,2-5,8H2,1H3,(H,19,20). The van der Waals surface area contributed by atoms with Gasteiger partial charge in [-0.3, -0.25) is 0 Å². The number of nitrogens with one attached hydrogen (secondary N) is 1. The van der Waals surface area contributed by atoms with Gasteiger partial charge in [0.15, 0.2) is 11.6 Å². The van der Waals surface area contributed by atoms with Gasteiger partial charge in [0.2, 0.25) is 0 Å². The molecule has 3 nitrogen and oxygen atoms in total. The Morgan fingerprint density at radius 2 is 2.10 bits per heavy atom. The highest BCUT2D eigenvalue weighted by atomic mass is 19.2. The molecule has 1 aliphatic carbocycles. The fourth-order valence-electron chi connectivity index (χ4n) is 2.84. The second-order valence-electron chi connectivity index (χ2n) is 5.38. The number of halogens is 2. The van der Waals surface area contributed by atoms with Gasteiger partial charge in [-0.25, -0.2) is 13.6 Å². The quantitative estimate of drug-likeness (QED) is 0.876. The molecule has 1 aromatic rings. The lowest BCUT2D eigenvalue weighted by Gasteiger charge is -2.30. The van der Waals surface area contributed by atoms with Crippen molar-refractivity contribution in [1.82, 2.24) is 0 Å². The predicted octanol–water partition coefficient (Wildman–Crippen LogP) is 4.04. The lowest BCUT2D eigenvalue weighted by molar-refractivity contribution is 0.0690. The van der Waals surface area contributed by atoms with Gasteiger partial charge in [-0.1, -0.05) is 26.2 Å². The Labute approximate surface area is 117 Å². The molecule has 2 N–H and O–H groups in total. The van der Waals surface area contributed by atoms with Crippen molar-refractivity contribution < 1.29 is 18.7 Å². The summed E-state index contributed by atoms with van der Waals surface area (Å²) in [4.78, 5) is 10.7. The first kappa shape index (κ1) is 14.8. The van der Waals surface area contributed by atoms with Gasteiger partial charge in [0.25, 0.3) is 0 Å². The molecule has 1 aromatic carbocycles. The normalized spacial score (nSPS) is 22.6. The average molecular weight is 283 g/mol. The van der Waals surface area contributed by atoms with Crippen LogP contribution in [0.1, 0.15) is 49.4 Å². The first-order valence-electron chi connectivity index (χ1n) is 7.00. The molecule has 2 unspecified atom stereocenters. The lowest BCUT2D eigenvalue weighted by Crippen LogP contribution is -2.27. The average Bonchev–Trinajstić information content (AvgIpc) is 2.44. The number of carbonyl (C=O) groups is 1. The molecular weight excluding hydrogens is 264 g/mol. The first-order valence-corrected chi connectivity index (χ1v) is 7.00. The molecule has 110 valence electrons. The van der Waals surface area contributed by atoms with Crippen LogP contribution in [0.15, 0.2) is 12.1 Å². The van der Waals surface area contributed by atoms with Crippen LogP contribution in [0.3, 0.4) is 0 Å². The number of hydrogen-bond donors (Lipinski definition) is 2. The molecule has 20 heavy (non-hydrogen) atoms. The SMILES string of the molecule is CCC1CCCC(Nc2ccc(C(=O)O)c(F)c2F)C1. The van der Waals surface area contributed by atoms with E-state index >= 15 is 0 Å².